The van der Waals surface area contributed by atoms with Gasteiger partial charge in [-0.25, -0.2) is 0 Å². The summed E-state index contributed by atoms with van der Waals surface area (Å²) >= 11 is 6.00. The number of aromatic nitrogens is 2. The molecule has 0 atom stereocenters. The minimum Gasteiger partial charge on any atom is -0.487 e. The quantitative estimate of drug-likeness (QED) is 0.763. The maximum absolute atomic E-state index is 6.00. The van der Waals surface area contributed by atoms with E-state index < -0.39 is 0 Å². The topological polar surface area (TPSA) is 37.9 Å². The van der Waals surface area contributed by atoms with Crippen molar-refractivity contribution in [3.63, 3.8) is 0 Å². The van der Waals surface area contributed by atoms with Gasteiger partial charge in [-0.2, -0.15) is 5.10 Å². The molecular weight excluding hydrogens is 284 g/mol. The molecule has 0 radical (unpaired) electrons. The van der Waals surface area contributed by atoms with Crippen molar-refractivity contribution >= 4 is 11.6 Å². The average molecular weight is 299 g/mol. The van der Waals surface area contributed by atoms with Gasteiger partial charge in [-0.05, 0) is 36.8 Å². The Labute approximate surface area is 128 Å². The predicted octanol–water partition coefficient (Wildman–Crippen LogP) is 4.62. The smallest absolute Gasteiger partial charge is 0.130 e. The molecule has 3 aromatic rings. The fraction of sp³-hybridized carbons (Fsp3) is 0.118. The molecule has 1 aromatic heterocycles. The van der Waals surface area contributed by atoms with Crippen molar-refractivity contribution in [2.45, 2.75) is 13.5 Å². The third-order valence-electron chi connectivity index (χ3n) is 3.22. The minimum atomic E-state index is 0.445. The molecule has 1 heterocycles. The van der Waals surface area contributed by atoms with Gasteiger partial charge < -0.3 is 4.74 Å². The molecule has 0 amide bonds. The van der Waals surface area contributed by atoms with Crippen molar-refractivity contribution in [1.29, 1.82) is 0 Å². The zero-order valence-corrected chi connectivity index (χ0v) is 12.4. The molecule has 0 aliphatic carbocycles. The molecular formula is C17H15ClN2O. The summed E-state index contributed by atoms with van der Waals surface area (Å²) in [5.41, 5.74) is 3.94. The fourth-order valence-corrected chi connectivity index (χ4v) is 2.18. The Hall–Kier alpha value is -2.26. The van der Waals surface area contributed by atoms with Crippen LogP contribution in [0.4, 0.5) is 0 Å². The first-order valence-electron chi connectivity index (χ1n) is 6.71. The van der Waals surface area contributed by atoms with Crippen LogP contribution in [-0.2, 0) is 6.61 Å². The molecule has 106 valence electrons. The van der Waals surface area contributed by atoms with E-state index in [0.29, 0.717) is 6.61 Å². The summed E-state index contributed by atoms with van der Waals surface area (Å²) in [4.78, 5) is 0. The van der Waals surface area contributed by atoms with Gasteiger partial charge in [0.2, 0.25) is 0 Å². The largest absolute Gasteiger partial charge is 0.487 e. The monoisotopic (exact) mass is 298 g/mol. The van der Waals surface area contributed by atoms with E-state index in [2.05, 4.69) is 10.2 Å². The van der Waals surface area contributed by atoms with Gasteiger partial charge in [-0.3, -0.25) is 5.10 Å². The van der Waals surface area contributed by atoms with Gasteiger partial charge in [0, 0.05) is 10.6 Å². The molecule has 0 saturated heterocycles. The Morgan fingerprint density at radius 2 is 1.90 bits per heavy atom. The average Bonchev–Trinajstić information content (AvgIpc) is 2.98. The summed E-state index contributed by atoms with van der Waals surface area (Å²) in [5, 5.41) is 8.05. The first-order valence-corrected chi connectivity index (χ1v) is 7.09. The van der Waals surface area contributed by atoms with Crippen LogP contribution >= 0.6 is 11.6 Å². The highest BCUT2D eigenvalue weighted by Gasteiger charge is 2.05. The van der Waals surface area contributed by atoms with Crippen molar-refractivity contribution in [3.05, 3.63) is 70.9 Å². The van der Waals surface area contributed by atoms with Crippen LogP contribution in [0.25, 0.3) is 11.3 Å². The van der Waals surface area contributed by atoms with E-state index in [1.165, 1.54) is 0 Å². The molecule has 4 heteroatoms. The van der Waals surface area contributed by atoms with Gasteiger partial charge in [0.15, 0.2) is 0 Å². The Bertz CT molecular complexity index is 738. The Kier molecular flexibility index (Phi) is 3.93. The number of nitrogens with one attached hydrogen (secondary N) is 1. The summed E-state index contributed by atoms with van der Waals surface area (Å²) in [7, 11) is 0. The van der Waals surface area contributed by atoms with Crippen LogP contribution in [0.3, 0.4) is 0 Å². The van der Waals surface area contributed by atoms with Crippen molar-refractivity contribution in [2.75, 3.05) is 0 Å². The molecule has 0 bridgehead atoms. The van der Waals surface area contributed by atoms with E-state index >= 15 is 0 Å². The Morgan fingerprint density at radius 1 is 1.10 bits per heavy atom. The molecule has 0 spiro atoms. The lowest BCUT2D eigenvalue weighted by molar-refractivity contribution is 0.301. The van der Waals surface area contributed by atoms with Crippen molar-refractivity contribution < 1.29 is 4.74 Å². The second kappa shape index (κ2) is 6.02. The number of aryl methyl sites for hydroxylation is 1. The van der Waals surface area contributed by atoms with Crippen LogP contribution in [0.2, 0.25) is 5.02 Å². The lowest BCUT2D eigenvalue weighted by atomic mass is 10.1. The molecule has 0 aliphatic heterocycles. The molecule has 0 saturated carbocycles. The number of ether oxygens (including phenoxy) is 1. The van der Waals surface area contributed by atoms with Crippen LogP contribution in [0.1, 0.15) is 11.3 Å². The zero-order valence-electron chi connectivity index (χ0n) is 11.6. The summed E-state index contributed by atoms with van der Waals surface area (Å²) in [6.45, 7) is 2.40. The number of halogens is 1. The number of H-pyrrole nitrogens is 1. The number of nitrogens with zero attached hydrogens (tertiary/aromatic N) is 1. The van der Waals surface area contributed by atoms with Crippen molar-refractivity contribution in [2.24, 2.45) is 0 Å². The SMILES string of the molecule is Cc1cc(OCc2cc(-c3ccccc3)n[nH]2)ccc1Cl. The molecule has 1 N–H and O–H groups in total. The first-order chi connectivity index (χ1) is 10.2. The number of rotatable bonds is 4. The lowest BCUT2D eigenvalue weighted by Crippen LogP contribution is -1.96. The van der Waals surface area contributed by atoms with E-state index in [1.807, 2.05) is 61.5 Å². The van der Waals surface area contributed by atoms with E-state index in [1.54, 1.807) is 0 Å². The van der Waals surface area contributed by atoms with Crippen LogP contribution in [0.5, 0.6) is 5.75 Å². The summed E-state index contributed by atoms with van der Waals surface area (Å²) in [6, 6.07) is 17.7. The highest BCUT2D eigenvalue weighted by Crippen LogP contribution is 2.22. The molecule has 21 heavy (non-hydrogen) atoms. The second-order valence-electron chi connectivity index (χ2n) is 4.84. The third kappa shape index (κ3) is 3.26. The molecule has 0 aliphatic rings. The Morgan fingerprint density at radius 3 is 2.67 bits per heavy atom. The molecule has 0 fully saturated rings. The van der Waals surface area contributed by atoms with E-state index in [4.69, 9.17) is 16.3 Å². The van der Waals surface area contributed by atoms with Gasteiger partial charge in [-0.15, -0.1) is 0 Å². The highest BCUT2D eigenvalue weighted by molar-refractivity contribution is 6.31. The molecule has 3 nitrogen and oxygen atoms in total. The molecule has 0 unspecified atom stereocenters. The number of benzene rings is 2. The minimum absolute atomic E-state index is 0.445. The molecule has 2 aromatic carbocycles. The maximum atomic E-state index is 6.00. The van der Waals surface area contributed by atoms with Gasteiger partial charge in [-0.1, -0.05) is 41.9 Å². The van der Waals surface area contributed by atoms with Crippen LogP contribution < -0.4 is 4.74 Å². The third-order valence-corrected chi connectivity index (χ3v) is 3.65. The van der Waals surface area contributed by atoms with Crippen LogP contribution in [-0.4, -0.2) is 10.2 Å². The first kappa shape index (κ1) is 13.7. The summed E-state index contributed by atoms with van der Waals surface area (Å²) in [5.74, 6) is 0.799. The van der Waals surface area contributed by atoms with Crippen LogP contribution in [0, 0.1) is 6.92 Å². The van der Waals surface area contributed by atoms with Crippen molar-refractivity contribution in [3.8, 4) is 17.0 Å². The zero-order chi connectivity index (χ0) is 14.7. The van der Waals surface area contributed by atoms with Gasteiger partial charge in [0.1, 0.15) is 12.4 Å². The van der Waals surface area contributed by atoms with Crippen LogP contribution in [0.15, 0.2) is 54.6 Å². The molecule has 3 rings (SSSR count). The van der Waals surface area contributed by atoms with Crippen molar-refractivity contribution in [1.82, 2.24) is 10.2 Å². The predicted molar refractivity (Wildman–Crippen MR) is 84.5 cm³/mol. The van der Waals surface area contributed by atoms with Gasteiger partial charge in [0.05, 0.1) is 11.4 Å². The highest BCUT2D eigenvalue weighted by atomic mass is 35.5. The number of hydrogen-bond donors (Lipinski definition) is 1. The van der Waals surface area contributed by atoms with Gasteiger partial charge in [0.25, 0.3) is 0 Å². The van der Waals surface area contributed by atoms with E-state index in [-0.39, 0.29) is 0 Å². The summed E-state index contributed by atoms with van der Waals surface area (Å²) < 4.78 is 5.75. The fourth-order valence-electron chi connectivity index (χ4n) is 2.06. The van der Waals surface area contributed by atoms with E-state index in [0.717, 1.165) is 33.3 Å². The second-order valence-corrected chi connectivity index (χ2v) is 5.25. The normalized spacial score (nSPS) is 10.6. The number of hydrogen-bond acceptors (Lipinski definition) is 2. The Balaban J connectivity index is 1.69. The maximum Gasteiger partial charge on any atom is 0.130 e. The lowest BCUT2D eigenvalue weighted by Gasteiger charge is -2.06. The van der Waals surface area contributed by atoms with Gasteiger partial charge >= 0.3 is 0 Å². The standard InChI is InChI=1S/C17H15ClN2O/c1-12-9-15(7-8-16(12)18)21-11-14-10-17(20-19-14)13-5-3-2-4-6-13/h2-10H,11H2,1H3,(H,19,20). The number of aromatic amines is 1. The van der Waals surface area contributed by atoms with E-state index in [9.17, 15) is 0 Å². The summed E-state index contributed by atoms with van der Waals surface area (Å²) in [6.07, 6.45) is 0.